The van der Waals surface area contributed by atoms with Crippen LogP contribution in [0.2, 0.25) is 5.02 Å². The Kier molecular flexibility index (Phi) is 5.72. The van der Waals surface area contributed by atoms with E-state index in [-0.39, 0.29) is 25.5 Å². The number of carbonyl (C=O) groups excluding carboxylic acids is 2. The molecule has 1 unspecified atom stereocenters. The minimum Gasteiger partial charge on any atom is -0.479 e. The van der Waals surface area contributed by atoms with Gasteiger partial charge in [-0.3, -0.25) is 9.59 Å². The summed E-state index contributed by atoms with van der Waals surface area (Å²) in [7, 11) is 0. The van der Waals surface area contributed by atoms with Crippen LogP contribution in [-0.2, 0) is 20.9 Å². The molecule has 7 nitrogen and oxygen atoms in total. The summed E-state index contributed by atoms with van der Waals surface area (Å²) in [5, 5.41) is 4.61. The fraction of sp³-hybridized carbons (Fsp3) is 0.227. The monoisotopic (exact) mass is 426 g/mol. The molecule has 0 aliphatic carbocycles. The molecule has 1 atom stereocenters. The highest BCUT2D eigenvalue weighted by atomic mass is 35.5. The maximum absolute atomic E-state index is 12.5. The molecule has 0 N–H and O–H groups in total. The van der Waals surface area contributed by atoms with Crippen molar-refractivity contribution >= 4 is 29.2 Å². The van der Waals surface area contributed by atoms with Gasteiger partial charge in [0.15, 0.2) is 18.5 Å². The molecule has 1 aromatic heterocycles. The minimum atomic E-state index is -0.601. The standard InChI is InChI=1S/C22H19ClN2O5/c1-14-22(27)25(19-4-2-3-5-20(19)29-14)11-10-21(26)28-13-17-12-18(24-30-17)15-6-8-16(23)9-7-15/h2-9,12,14H,10-11,13H2,1H3. The Balaban J connectivity index is 1.33. The number of para-hydroxylation sites is 2. The van der Waals surface area contributed by atoms with E-state index >= 15 is 0 Å². The lowest BCUT2D eigenvalue weighted by Gasteiger charge is -2.32. The van der Waals surface area contributed by atoms with Crippen LogP contribution in [0.3, 0.4) is 0 Å². The molecule has 3 aromatic rings. The number of anilines is 1. The molecule has 1 amide bonds. The van der Waals surface area contributed by atoms with E-state index in [4.69, 9.17) is 25.6 Å². The zero-order chi connectivity index (χ0) is 21.1. The third-order valence-electron chi connectivity index (χ3n) is 4.69. The van der Waals surface area contributed by atoms with E-state index in [2.05, 4.69) is 5.16 Å². The number of carbonyl (C=O) groups is 2. The van der Waals surface area contributed by atoms with Gasteiger partial charge in [-0.2, -0.15) is 0 Å². The molecule has 30 heavy (non-hydrogen) atoms. The molecule has 0 bridgehead atoms. The summed E-state index contributed by atoms with van der Waals surface area (Å²) in [5.41, 5.74) is 2.12. The van der Waals surface area contributed by atoms with Crippen LogP contribution in [0, 0.1) is 0 Å². The van der Waals surface area contributed by atoms with Gasteiger partial charge in [-0.25, -0.2) is 0 Å². The second-order valence-electron chi connectivity index (χ2n) is 6.81. The van der Waals surface area contributed by atoms with Gasteiger partial charge in [0, 0.05) is 23.2 Å². The van der Waals surface area contributed by atoms with E-state index in [9.17, 15) is 9.59 Å². The number of ether oxygens (including phenoxy) is 2. The van der Waals surface area contributed by atoms with Gasteiger partial charge in [-0.1, -0.05) is 41.0 Å². The fourth-order valence-electron chi connectivity index (χ4n) is 3.15. The first-order valence-corrected chi connectivity index (χ1v) is 9.83. The van der Waals surface area contributed by atoms with Crippen molar-refractivity contribution in [3.8, 4) is 17.0 Å². The molecule has 0 saturated heterocycles. The lowest BCUT2D eigenvalue weighted by Crippen LogP contribution is -2.45. The maximum Gasteiger partial charge on any atom is 0.308 e. The maximum atomic E-state index is 12.5. The summed E-state index contributed by atoms with van der Waals surface area (Å²) in [5.74, 6) is 0.414. The Morgan fingerprint density at radius 3 is 2.77 bits per heavy atom. The lowest BCUT2D eigenvalue weighted by atomic mass is 10.1. The Hall–Kier alpha value is -3.32. The van der Waals surface area contributed by atoms with E-state index < -0.39 is 12.1 Å². The summed E-state index contributed by atoms with van der Waals surface area (Å²) in [6.45, 7) is 1.85. The highest BCUT2D eigenvalue weighted by Crippen LogP contribution is 2.33. The Morgan fingerprint density at radius 1 is 1.20 bits per heavy atom. The van der Waals surface area contributed by atoms with E-state index in [1.807, 2.05) is 24.3 Å². The van der Waals surface area contributed by atoms with Crippen LogP contribution in [0.1, 0.15) is 19.1 Å². The van der Waals surface area contributed by atoms with Crippen molar-refractivity contribution in [3.63, 3.8) is 0 Å². The Bertz CT molecular complexity index is 1060. The molecule has 0 spiro atoms. The second kappa shape index (κ2) is 8.59. The molecule has 0 radical (unpaired) electrons. The van der Waals surface area contributed by atoms with Crippen LogP contribution in [0.15, 0.2) is 59.1 Å². The van der Waals surface area contributed by atoms with Crippen molar-refractivity contribution in [2.75, 3.05) is 11.4 Å². The molecule has 2 aromatic carbocycles. The van der Waals surface area contributed by atoms with Gasteiger partial charge in [0.1, 0.15) is 11.4 Å². The minimum absolute atomic E-state index is 0.0382. The van der Waals surface area contributed by atoms with Crippen molar-refractivity contribution in [2.45, 2.75) is 26.1 Å². The van der Waals surface area contributed by atoms with Crippen molar-refractivity contribution in [3.05, 3.63) is 65.4 Å². The van der Waals surface area contributed by atoms with Crippen molar-refractivity contribution in [1.29, 1.82) is 0 Å². The molecule has 8 heteroatoms. The van der Waals surface area contributed by atoms with Crippen LogP contribution in [-0.4, -0.2) is 29.7 Å². The first-order valence-electron chi connectivity index (χ1n) is 9.45. The first-order chi connectivity index (χ1) is 14.5. The molecule has 0 saturated carbocycles. The van der Waals surface area contributed by atoms with E-state index in [0.717, 1.165) is 5.56 Å². The van der Waals surface area contributed by atoms with Crippen LogP contribution < -0.4 is 9.64 Å². The molecule has 4 rings (SSSR count). The lowest BCUT2D eigenvalue weighted by molar-refractivity contribution is -0.145. The summed E-state index contributed by atoms with van der Waals surface area (Å²) in [4.78, 5) is 26.2. The topological polar surface area (TPSA) is 81.9 Å². The van der Waals surface area contributed by atoms with Crippen LogP contribution >= 0.6 is 11.6 Å². The predicted octanol–water partition coefficient (Wildman–Crippen LogP) is 4.24. The number of halogens is 1. The van der Waals surface area contributed by atoms with E-state index in [0.29, 0.717) is 27.9 Å². The number of fused-ring (bicyclic) bond motifs is 1. The highest BCUT2D eigenvalue weighted by molar-refractivity contribution is 6.30. The van der Waals surface area contributed by atoms with Gasteiger partial charge in [0.05, 0.1) is 12.1 Å². The van der Waals surface area contributed by atoms with E-state index in [1.54, 1.807) is 42.2 Å². The third kappa shape index (κ3) is 4.31. The van der Waals surface area contributed by atoms with Crippen LogP contribution in [0.5, 0.6) is 5.75 Å². The number of benzene rings is 2. The van der Waals surface area contributed by atoms with Gasteiger partial charge < -0.3 is 18.9 Å². The number of aromatic nitrogens is 1. The molecule has 1 aliphatic rings. The summed E-state index contributed by atoms with van der Waals surface area (Å²) in [6.07, 6.45) is -0.554. The highest BCUT2D eigenvalue weighted by Gasteiger charge is 2.31. The van der Waals surface area contributed by atoms with Crippen molar-refractivity contribution in [1.82, 2.24) is 5.16 Å². The average molecular weight is 427 g/mol. The van der Waals surface area contributed by atoms with Crippen molar-refractivity contribution < 1.29 is 23.6 Å². The Morgan fingerprint density at radius 2 is 1.97 bits per heavy atom. The molecule has 2 heterocycles. The van der Waals surface area contributed by atoms with E-state index in [1.165, 1.54) is 0 Å². The summed E-state index contributed by atoms with van der Waals surface area (Å²) in [6, 6.07) is 16.1. The molecule has 154 valence electrons. The third-order valence-corrected chi connectivity index (χ3v) is 4.94. The quantitative estimate of drug-likeness (QED) is 0.548. The molecule has 1 aliphatic heterocycles. The van der Waals surface area contributed by atoms with Crippen LogP contribution in [0.4, 0.5) is 5.69 Å². The number of esters is 1. The number of rotatable bonds is 6. The number of nitrogens with zero attached hydrogens (tertiary/aromatic N) is 2. The SMILES string of the molecule is CC1Oc2ccccc2N(CCC(=O)OCc2cc(-c3ccc(Cl)cc3)no2)C1=O. The largest absolute Gasteiger partial charge is 0.479 e. The second-order valence-corrected chi connectivity index (χ2v) is 7.25. The Labute approximate surface area is 178 Å². The molecular formula is C22H19ClN2O5. The predicted molar refractivity (Wildman–Crippen MR) is 110 cm³/mol. The van der Waals surface area contributed by atoms with Crippen molar-refractivity contribution in [2.24, 2.45) is 0 Å². The first kappa shape index (κ1) is 20.0. The van der Waals surface area contributed by atoms with Gasteiger partial charge >= 0.3 is 5.97 Å². The smallest absolute Gasteiger partial charge is 0.308 e. The number of hydrogen-bond donors (Lipinski definition) is 0. The van der Waals surface area contributed by atoms with Gasteiger partial charge in [0.25, 0.3) is 5.91 Å². The molecule has 0 fully saturated rings. The molecular weight excluding hydrogens is 408 g/mol. The fourth-order valence-corrected chi connectivity index (χ4v) is 3.28. The average Bonchev–Trinajstić information content (AvgIpc) is 3.22. The van der Waals surface area contributed by atoms with Gasteiger partial charge in [0.2, 0.25) is 0 Å². The van der Waals surface area contributed by atoms with Gasteiger partial charge in [-0.05, 0) is 31.2 Å². The normalized spacial score (nSPS) is 15.5. The zero-order valence-corrected chi connectivity index (χ0v) is 17.0. The number of hydrogen-bond acceptors (Lipinski definition) is 6. The zero-order valence-electron chi connectivity index (χ0n) is 16.2. The van der Waals surface area contributed by atoms with Crippen LogP contribution in [0.25, 0.3) is 11.3 Å². The summed E-state index contributed by atoms with van der Waals surface area (Å²) >= 11 is 5.89. The van der Waals surface area contributed by atoms with Gasteiger partial charge in [-0.15, -0.1) is 0 Å². The number of amides is 1. The summed E-state index contributed by atoms with van der Waals surface area (Å²) < 4.78 is 16.1.